The van der Waals surface area contributed by atoms with Gasteiger partial charge in [0.15, 0.2) is 0 Å². The van der Waals surface area contributed by atoms with Gasteiger partial charge in [0.2, 0.25) is 0 Å². The molecule has 0 unspecified atom stereocenters. The minimum absolute atomic E-state index is 0.148. The Hall–Kier alpha value is -2.14. The molecular formula is C13H12ClN3O2. The van der Waals surface area contributed by atoms with E-state index in [1.807, 2.05) is 19.1 Å². The van der Waals surface area contributed by atoms with Crippen LogP contribution in [0.25, 0.3) is 0 Å². The van der Waals surface area contributed by atoms with Crippen LogP contribution in [0, 0.1) is 6.92 Å². The van der Waals surface area contributed by atoms with Crippen LogP contribution in [-0.2, 0) is 0 Å². The lowest BCUT2D eigenvalue weighted by Gasteiger charge is -2.10. The average molecular weight is 278 g/mol. The van der Waals surface area contributed by atoms with E-state index in [0.717, 1.165) is 5.56 Å². The zero-order valence-electron chi connectivity index (χ0n) is 10.5. The molecule has 0 radical (unpaired) electrons. The predicted octanol–water partition coefficient (Wildman–Crippen LogP) is 2.70. The molecule has 6 heteroatoms. The largest absolute Gasteiger partial charge is 0.495 e. The molecule has 0 saturated heterocycles. The van der Waals surface area contributed by atoms with Gasteiger partial charge in [-0.15, -0.1) is 0 Å². The first-order chi connectivity index (χ1) is 9.10. The van der Waals surface area contributed by atoms with E-state index in [-0.39, 0.29) is 10.8 Å². The molecule has 1 N–H and O–H groups in total. The third-order valence-electron chi connectivity index (χ3n) is 2.44. The molecule has 0 saturated carbocycles. The number of methoxy groups -OCH3 is 1. The molecule has 1 heterocycles. The van der Waals surface area contributed by atoms with Crippen LogP contribution >= 0.6 is 11.6 Å². The number of anilines is 1. The van der Waals surface area contributed by atoms with Gasteiger partial charge in [0.1, 0.15) is 16.6 Å². The van der Waals surface area contributed by atoms with Crippen LogP contribution in [0.2, 0.25) is 5.15 Å². The fourth-order valence-corrected chi connectivity index (χ4v) is 1.69. The van der Waals surface area contributed by atoms with Gasteiger partial charge in [-0.3, -0.25) is 9.78 Å². The van der Waals surface area contributed by atoms with E-state index in [1.54, 1.807) is 13.2 Å². The Bertz CT molecular complexity index is 617. The second-order valence-corrected chi connectivity index (χ2v) is 4.27. The molecule has 0 atom stereocenters. The molecule has 2 aromatic rings. The van der Waals surface area contributed by atoms with Gasteiger partial charge >= 0.3 is 0 Å². The number of hydrogen-bond acceptors (Lipinski definition) is 4. The van der Waals surface area contributed by atoms with Crippen molar-refractivity contribution >= 4 is 23.2 Å². The van der Waals surface area contributed by atoms with Gasteiger partial charge in [-0.2, -0.15) is 0 Å². The van der Waals surface area contributed by atoms with Crippen LogP contribution < -0.4 is 10.1 Å². The number of nitrogens with one attached hydrogen (secondary N) is 1. The molecule has 1 aromatic carbocycles. The van der Waals surface area contributed by atoms with E-state index >= 15 is 0 Å². The van der Waals surface area contributed by atoms with E-state index < -0.39 is 5.91 Å². The molecule has 0 spiro atoms. The second-order valence-electron chi connectivity index (χ2n) is 3.88. The van der Waals surface area contributed by atoms with Gasteiger partial charge in [0.25, 0.3) is 5.91 Å². The molecule has 0 aliphatic heterocycles. The highest BCUT2D eigenvalue weighted by Gasteiger charge is 2.11. The van der Waals surface area contributed by atoms with Gasteiger partial charge < -0.3 is 10.1 Å². The van der Waals surface area contributed by atoms with Crippen molar-refractivity contribution in [3.8, 4) is 5.75 Å². The molecule has 2 rings (SSSR count). The molecular weight excluding hydrogens is 266 g/mol. The summed E-state index contributed by atoms with van der Waals surface area (Å²) in [6.07, 6.45) is 2.71. The summed E-state index contributed by atoms with van der Waals surface area (Å²) in [6, 6.07) is 5.48. The highest BCUT2D eigenvalue weighted by molar-refractivity contribution is 6.29. The summed E-state index contributed by atoms with van der Waals surface area (Å²) in [5, 5.41) is 2.88. The number of halogens is 1. The van der Waals surface area contributed by atoms with Crippen LogP contribution in [0.1, 0.15) is 16.1 Å². The van der Waals surface area contributed by atoms with E-state index in [0.29, 0.717) is 11.4 Å². The zero-order chi connectivity index (χ0) is 13.8. The summed E-state index contributed by atoms with van der Waals surface area (Å²) >= 11 is 5.69. The van der Waals surface area contributed by atoms with Gasteiger partial charge in [-0.25, -0.2) is 4.98 Å². The fourth-order valence-electron chi connectivity index (χ4n) is 1.54. The van der Waals surface area contributed by atoms with Crippen molar-refractivity contribution in [2.75, 3.05) is 12.4 Å². The van der Waals surface area contributed by atoms with Crippen LogP contribution in [0.15, 0.2) is 30.6 Å². The van der Waals surface area contributed by atoms with Crippen LogP contribution in [0.3, 0.4) is 0 Å². The molecule has 19 heavy (non-hydrogen) atoms. The highest BCUT2D eigenvalue weighted by Crippen LogP contribution is 2.25. The Morgan fingerprint density at radius 2 is 2.16 bits per heavy atom. The van der Waals surface area contributed by atoms with Crippen molar-refractivity contribution in [1.29, 1.82) is 0 Å². The van der Waals surface area contributed by atoms with Gasteiger partial charge in [0.05, 0.1) is 25.2 Å². The van der Waals surface area contributed by atoms with Crippen LogP contribution in [0.4, 0.5) is 5.69 Å². The molecule has 98 valence electrons. The topological polar surface area (TPSA) is 64.1 Å². The van der Waals surface area contributed by atoms with Gasteiger partial charge in [-0.05, 0) is 24.6 Å². The number of nitrogens with zero attached hydrogens (tertiary/aromatic N) is 2. The number of rotatable bonds is 3. The standard InChI is InChI=1S/C13H12ClN3O2/c1-8-3-4-9(11(5-8)19-2)17-13(18)10-6-15-7-12(14)16-10/h3-7H,1-2H3,(H,17,18). The molecule has 0 aliphatic rings. The highest BCUT2D eigenvalue weighted by atomic mass is 35.5. The number of carbonyl (C=O) groups is 1. The number of hydrogen-bond donors (Lipinski definition) is 1. The molecule has 0 aliphatic carbocycles. The summed E-state index contributed by atoms with van der Waals surface area (Å²) in [5.41, 5.74) is 1.76. The predicted molar refractivity (Wildman–Crippen MR) is 72.7 cm³/mol. The van der Waals surface area contributed by atoms with Crippen molar-refractivity contribution in [3.63, 3.8) is 0 Å². The summed E-state index contributed by atoms with van der Waals surface area (Å²) in [5.74, 6) is 0.195. The Labute approximate surface area is 115 Å². The smallest absolute Gasteiger partial charge is 0.276 e. The van der Waals surface area contributed by atoms with Crippen molar-refractivity contribution in [3.05, 3.63) is 47.0 Å². The lowest BCUT2D eigenvalue weighted by molar-refractivity contribution is 0.102. The van der Waals surface area contributed by atoms with E-state index in [4.69, 9.17) is 16.3 Å². The summed E-state index contributed by atoms with van der Waals surface area (Å²) in [7, 11) is 1.55. The first kappa shape index (κ1) is 13.3. The monoisotopic (exact) mass is 277 g/mol. The van der Waals surface area contributed by atoms with Gasteiger partial charge in [0, 0.05) is 0 Å². The fraction of sp³-hybridized carbons (Fsp3) is 0.154. The maximum absolute atomic E-state index is 12.0. The third kappa shape index (κ3) is 3.20. The summed E-state index contributed by atoms with van der Waals surface area (Å²) < 4.78 is 5.21. The number of benzene rings is 1. The van der Waals surface area contributed by atoms with E-state index in [2.05, 4.69) is 15.3 Å². The number of aromatic nitrogens is 2. The van der Waals surface area contributed by atoms with Crippen molar-refractivity contribution in [1.82, 2.24) is 9.97 Å². The molecule has 0 bridgehead atoms. The van der Waals surface area contributed by atoms with Crippen LogP contribution in [0.5, 0.6) is 5.75 Å². The van der Waals surface area contributed by atoms with Crippen molar-refractivity contribution < 1.29 is 9.53 Å². The SMILES string of the molecule is COc1cc(C)ccc1NC(=O)c1cncc(Cl)n1. The minimum Gasteiger partial charge on any atom is -0.495 e. The molecule has 1 amide bonds. The van der Waals surface area contributed by atoms with Crippen molar-refractivity contribution in [2.45, 2.75) is 6.92 Å². The lowest BCUT2D eigenvalue weighted by Crippen LogP contribution is -2.14. The number of carbonyl (C=O) groups excluding carboxylic acids is 1. The molecule has 5 nitrogen and oxygen atoms in total. The summed E-state index contributed by atoms with van der Waals surface area (Å²) in [6.45, 7) is 1.94. The van der Waals surface area contributed by atoms with E-state index in [9.17, 15) is 4.79 Å². The number of ether oxygens (including phenoxy) is 1. The Balaban J connectivity index is 2.24. The Morgan fingerprint density at radius 3 is 2.84 bits per heavy atom. The molecule has 1 aromatic heterocycles. The second kappa shape index (κ2) is 5.67. The maximum atomic E-state index is 12.0. The lowest BCUT2D eigenvalue weighted by atomic mass is 10.2. The van der Waals surface area contributed by atoms with Crippen LogP contribution in [-0.4, -0.2) is 23.0 Å². The average Bonchev–Trinajstić information content (AvgIpc) is 2.40. The third-order valence-corrected chi connectivity index (χ3v) is 2.63. The Morgan fingerprint density at radius 1 is 1.37 bits per heavy atom. The maximum Gasteiger partial charge on any atom is 0.276 e. The molecule has 0 fully saturated rings. The Kier molecular flexibility index (Phi) is 3.97. The van der Waals surface area contributed by atoms with Gasteiger partial charge in [-0.1, -0.05) is 17.7 Å². The first-order valence-corrected chi connectivity index (χ1v) is 5.91. The normalized spacial score (nSPS) is 10.1. The minimum atomic E-state index is -0.392. The number of amides is 1. The quantitative estimate of drug-likeness (QED) is 0.937. The van der Waals surface area contributed by atoms with E-state index in [1.165, 1.54) is 12.4 Å². The first-order valence-electron chi connectivity index (χ1n) is 5.53. The summed E-state index contributed by atoms with van der Waals surface area (Å²) in [4.78, 5) is 19.7. The zero-order valence-corrected chi connectivity index (χ0v) is 11.2. The van der Waals surface area contributed by atoms with Crippen molar-refractivity contribution in [2.24, 2.45) is 0 Å². The number of aryl methyl sites for hydroxylation is 1.